The van der Waals surface area contributed by atoms with Crippen molar-refractivity contribution in [3.05, 3.63) is 42.9 Å². The number of aliphatic carboxylic acids is 1. The van der Waals surface area contributed by atoms with Gasteiger partial charge in [0.2, 0.25) is 11.8 Å². The van der Waals surface area contributed by atoms with Crippen molar-refractivity contribution >= 4 is 45.4 Å². The monoisotopic (exact) mass is 690 g/mol. The predicted octanol–water partition coefficient (Wildman–Crippen LogP) is 4.56. The molecule has 2 aliphatic heterocycles. The van der Waals surface area contributed by atoms with Crippen molar-refractivity contribution in [1.29, 1.82) is 0 Å². The van der Waals surface area contributed by atoms with E-state index in [1.165, 1.54) is 16.2 Å². The topological polar surface area (TPSA) is 165 Å². The standard InChI is InChI=1S/C35H42N6O7S/c1-40-16-15-37-30(40)28-18-25-29(49-28)27(13-14-36-25)47-23-17-26-31(42)39-35(33(44)45)19-21(35)9-5-3-2-4-6-12-24(32(43)41(26)20-23)38-34(46)48-22-10-7-8-11-22/h5,9,13-16,18,21-24,26H,2-4,6-8,10-12,17,19-20H2,1H3,(H,38,46)(H,39,42)(H,44,45)/t21-,23-,24+,26+,35-/m1/s1. The highest BCUT2D eigenvalue weighted by molar-refractivity contribution is 7.22. The van der Waals surface area contributed by atoms with Crippen molar-refractivity contribution in [2.45, 2.75) is 100 Å². The first-order chi connectivity index (χ1) is 23.7. The Morgan fingerprint density at radius 1 is 1.08 bits per heavy atom. The zero-order chi connectivity index (χ0) is 34.1. The SMILES string of the molecule is Cn1ccnc1-c1cc2nccc(O[C@@H]3C[C@H]4C(=O)N[C@]5(C(=O)O)C[C@H]5C=CCCCCC[C@H](NC(=O)OC5CCCC5)C(=O)N4C3)c2s1. The highest BCUT2D eigenvalue weighted by atomic mass is 32.1. The average Bonchev–Trinajstić information content (AvgIpc) is 3.65. The van der Waals surface area contributed by atoms with E-state index in [9.17, 15) is 24.3 Å². The molecule has 5 atom stereocenters. The van der Waals surface area contributed by atoms with Crippen molar-refractivity contribution in [3.63, 3.8) is 0 Å². The maximum Gasteiger partial charge on any atom is 0.408 e. The van der Waals surface area contributed by atoms with Crippen LogP contribution in [0.1, 0.15) is 70.6 Å². The van der Waals surface area contributed by atoms with Crippen molar-refractivity contribution in [2.24, 2.45) is 13.0 Å². The molecule has 0 radical (unpaired) electrons. The molecule has 5 heterocycles. The summed E-state index contributed by atoms with van der Waals surface area (Å²) < 4.78 is 14.9. The van der Waals surface area contributed by atoms with Crippen LogP contribution < -0.4 is 15.4 Å². The Morgan fingerprint density at radius 3 is 2.67 bits per heavy atom. The molecule has 3 aromatic heterocycles. The predicted molar refractivity (Wildman–Crippen MR) is 181 cm³/mol. The first-order valence-corrected chi connectivity index (χ1v) is 18.1. The second-order valence-electron chi connectivity index (χ2n) is 13.6. The molecule has 0 spiro atoms. The summed E-state index contributed by atoms with van der Waals surface area (Å²) in [5.41, 5.74) is -0.678. The number of carbonyl (C=O) groups excluding carboxylic acids is 3. The lowest BCUT2D eigenvalue weighted by molar-refractivity contribution is -0.145. The minimum atomic E-state index is -1.42. The van der Waals surface area contributed by atoms with E-state index in [-0.39, 0.29) is 31.4 Å². The highest BCUT2D eigenvalue weighted by Gasteiger charge is 2.61. The highest BCUT2D eigenvalue weighted by Crippen LogP contribution is 2.45. The molecule has 3 fully saturated rings. The molecule has 2 saturated carbocycles. The average molecular weight is 691 g/mol. The molecule has 0 bridgehead atoms. The van der Waals surface area contributed by atoms with Crippen LogP contribution in [0.2, 0.25) is 0 Å². The van der Waals surface area contributed by atoms with Crippen LogP contribution in [0.4, 0.5) is 4.79 Å². The van der Waals surface area contributed by atoms with Gasteiger partial charge in [-0.25, -0.2) is 14.6 Å². The summed E-state index contributed by atoms with van der Waals surface area (Å²) in [6, 6.07) is 1.82. The van der Waals surface area contributed by atoms with Gasteiger partial charge < -0.3 is 34.7 Å². The number of rotatable bonds is 6. The van der Waals surface area contributed by atoms with Crippen LogP contribution in [0, 0.1) is 5.92 Å². The van der Waals surface area contributed by atoms with E-state index in [4.69, 9.17) is 9.47 Å². The normalized spacial score (nSPS) is 27.9. The molecule has 260 valence electrons. The molecule has 3 amide bonds. The number of aryl methyl sites for hydroxylation is 1. The second-order valence-corrected chi connectivity index (χ2v) is 14.7. The largest absolute Gasteiger partial charge is 0.487 e. The van der Waals surface area contributed by atoms with Crippen molar-refractivity contribution in [1.82, 2.24) is 30.1 Å². The van der Waals surface area contributed by atoms with E-state index >= 15 is 0 Å². The van der Waals surface area contributed by atoms with Crippen LogP contribution in [0.15, 0.2) is 42.9 Å². The van der Waals surface area contributed by atoms with Gasteiger partial charge in [-0.2, -0.15) is 0 Å². The Bertz CT molecular complexity index is 1770. The number of nitrogens with zero attached hydrogens (tertiary/aromatic N) is 4. The molecular weight excluding hydrogens is 648 g/mol. The Morgan fingerprint density at radius 2 is 1.90 bits per heavy atom. The number of carboxylic acids is 1. The number of alkyl carbamates (subject to hydrolysis) is 1. The number of aromatic nitrogens is 3. The number of carbonyl (C=O) groups is 4. The quantitative estimate of drug-likeness (QED) is 0.315. The summed E-state index contributed by atoms with van der Waals surface area (Å²) in [4.78, 5) is 65.1. The van der Waals surface area contributed by atoms with Crippen LogP contribution in [-0.2, 0) is 26.2 Å². The molecule has 1 saturated heterocycles. The summed E-state index contributed by atoms with van der Waals surface area (Å²) in [6.45, 7) is 0.0809. The molecule has 2 aliphatic carbocycles. The number of allylic oxidation sites excluding steroid dienone is 1. The molecule has 14 heteroatoms. The number of hydrogen-bond acceptors (Lipinski definition) is 9. The molecule has 3 aromatic rings. The van der Waals surface area contributed by atoms with Crippen molar-refractivity contribution in [3.8, 4) is 16.5 Å². The van der Waals surface area contributed by atoms with Crippen LogP contribution in [-0.4, -0.2) is 84.8 Å². The zero-order valence-electron chi connectivity index (χ0n) is 27.5. The van der Waals surface area contributed by atoms with Gasteiger partial charge in [-0.1, -0.05) is 25.0 Å². The first kappa shape index (κ1) is 33.1. The van der Waals surface area contributed by atoms with Crippen molar-refractivity contribution in [2.75, 3.05) is 6.54 Å². The van der Waals surface area contributed by atoms with Crippen LogP contribution in [0.3, 0.4) is 0 Å². The summed E-state index contributed by atoms with van der Waals surface area (Å²) in [5, 5.41) is 15.8. The number of pyridine rings is 1. The third-order valence-electron chi connectivity index (χ3n) is 10.2. The van der Waals surface area contributed by atoms with E-state index in [0.717, 1.165) is 65.9 Å². The summed E-state index contributed by atoms with van der Waals surface area (Å²) in [6.07, 6.45) is 15.3. The minimum Gasteiger partial charge on any atom is -0.487 e. The Balaban J connectivity index is 1.16. The van der Waals surface area contributed by atoms with Gasteiger partial charge in [0.25, 0.3) is 0 Å². The number of hydrogen-bond donors (Lipinski definition) is 3. The van der Waals surface area contributed by atoms with E-state index in [2.05, 4.69) is 20.6 Å². The van der Waals surface area contributed by atoms with E-state index in [1.54, 1.807) is 18.5 Å². The van der Waals surface area contributed by atoms with Crippen LogP contribution in [0.25, 0.3) is 20.9 Å². The Kier molecular flexibility index (Phi) is 9.32. The fraction of sp³-hybridized carbons (Fsp3) is 0.543. The summed E-state index contributed by atoms with van der Waals surface area (Å²) in [7, 11) is 1.92. The van der Waals surface area contributed by atoms with Gasteiger partial charge in [0.05, 0.1) is 21.6 Å². The molecule has 7 rings (SSSR count). The molecule has 3 N–H and O–H groups in total. The number of ether oxygens (including phenoxy) is 2. The molecule has 0 aromatic carbocycles. The van der Waals surface area contributed by atoms with Gasteiger partial charge in [0.1, 0.15) is 41.4 Å². The number of amides is 3. The lowest BCUT2D eigenvalue weighted by atomic mass is 10.0. The number of fused-ring (bicyclic) bond motifs is 3. The first-order valence-electron chi connectivity index (χ1n) is 17.2. The van der Waals surface area contributed by atoms with Gasteiger partial charge in [-0.05, 0) is 63.5 Å². The van der Waals surface area contributed by atoms with Crippen LogP contribution in [0.5, 0.6) is 5.75 Å². The molecule has 49 heavy (non-hydrogen) atoms. The lowest BCUT2D eigenvalue weighted by Crippen LogP contribution is -2.56. The number of thiophene rings is 1. The minimum absolute atomic E-state index is 0.0809. The maximum absolute atomic E-state index is 14.3. The molecular formula is C35H42N6O7S. The van der Waals surface area contributed by atoms with Crippen molar-refractivity contribution < 1.29 is 33.8 Å². The number of imidazole rings is 1. The van der Waals surface area contributed by atoms with Gasteiger partial charge in [0, 0.05) is 38.0 Å². The van der Waals surface area contributed by atoms with Gasteiger partial charge >= 0.3 is 12.1 Å². The summed E-state index contributed by atoms with van der Waals surface area (Å²) in [5.74, 6) is -1.01. The van der Waals surface area contributed by atoms with Gasteiger partial charge in [-0.3, -0.25) is 14.6 Å². The second kappa shape index (κ2) is 13.8. The van der Waals surface area contributed by atoms with Gasteiger partial charge in [-0.15, -0.1) is 11.3 Å². The third-order valence-corrected chi connectivity index (χ3v) is 11.3. The molecule has 0 unspecified atom stereocenters. The maximum atomic E-state index is 14.3. The van der Waals surface area contributed by atoms with Crippen LogP contribution >= 0.6 is 11.3 Å². The Hall–Kier alpha value is -4.46. The van der Waals surface area contributed by atoms with E-state index in [0.29, 0.717) is 18.6 Å². The van der Waals surface area contributed by atoms with Gasteiger partial charge in [0.15, 0.2) is 0 Å². The number of nitrogens with one attached hydrogen (secondary N) is 2. The lowest BCUT2D eigenvalue weighted by Gasteiger charge is -2.29. The fourth-order valence-corrected chi connectivity index (χ4v) is 8.49. The third kappa shape index (κ3) is 6.87. The molecule has 4 aliphatic rings. The summed E-state index contributed by atoms with van der Waals surface area (Å²) >= 11 is 1.49. The number of carboxylic acid groups (broad SMARTS) is 1. The smallest absolute Gasteiger partial charge is 0.408 e. The van der Waals surface area contributed by atoms with E-state index < -0.39 is 47.6 Å². The Labute approximate surface area is 288 Å². The zero-order valence-corrected chi connectivity index (χ0v) is 28.3. The van der Waals surface area contributed by atoms with E-state index in [1.807, 2.05) is 36.0 Å². The fourth-order valence-electron chi connectivity index (χ4n) is 7.38. The molecule has 13 nitrogen and oxygen atoms in total.